The standard InChI is InChI=1S/C32H60N4O8Si4/c1-25(2)29(37)33-17-13-21-45(9)41-46(10,22-14-18-34-30(38)26(3)4)43-48(12,24-16-20-36-32(40)28(7)8)44-47(11,42-45)23-15-19-35-31(39)27(5)6/h1,3,5,7,13-24H2,2,4,6,8-12H3,(H,33,37)(H,34,38)(H,35,39)(H,36,40). The molecule has 0 aromatic heterocycles. The number of hydrogen-bond donors (Lipinski definition) is 4. The van der Waals surface area contributed by atoms with Crippen LogP contribution in [0.25, 0.3) is 0 Å². The number of rotatable bonds is 20. The van der Waals surface area contributed by atoms with Crippen LogP contribution < -0.4 is 21.3 Å². The van der Waals surface area contributed by atoms with Crippen molar-refractivity contribution in [1.29, 1.82) is 0 Å². The van der Waals surface area contributed by atoms with Gasteiger partial charge in [0.15, 0.2) is 0 Å². The lowest BCUT2D eigenvalue weighted by Crippen LogP contribution is -2.67. The molecule has 1 aliphatic heterocycles. The lowest BCUT2D eigenvalue weighted by Gasteiger charge is -2.50. The van der Waals surface area contributed by atoms with Gasteiger partial charge in [0.1, 0.15) is 0 Å². The van der Waals surface area contributed by atoms with E-state index in [0.717, 1.165) is 0 Å². The first-order chi connectivity index (χ1) is 22.1. The summed E-state index contributed by atoms with van der Waals surface area (Å²) in [5.74, 6) is -0.773. The number of hydrogen-bond acceptors (Lipinski definition) is 8. The zero-order valence-electron chi connectivity index (χ0n) is 30.6. The average Bonchev–Trinajstić information content (AvgIpc) is 2.96. The third-order valence-corrected chi connectivity index (χ3v) is 26.5. The van der Waals surface area contributed by atoms with E-state index in [0.29, 0.717) is 98.3 Å². The largest absolute Gasteiger partial charge is 0.416 e. The van der Waals surface area contributed by atoms with E-state index < -0.39 is 34.2 Å². The van der Waals surface area contributed by atoms with Gasteiger partial charge in [-0.3, -0.25) is 19.2 Å². The Kier molecular flexibility index (Phi) is 17.8. The van der Waals surface area contributed by atoms with E-state index in [4.69, 9.17) is 16.5 Å². The van der Waals surface area contributed by atoms with Crippen LogP contribution in [0.1, 0.15) is 53.4 Å². The molecule has 0 bridgehead atoms. The van der Waals surface area contributed by atoms with E-state index in [1.807, 2.05) is 26.2 Å². The number of carbonyl (C=O) groups excluding carboxylic acids is 4. The van der Waals surface area contributed by atoms with Gasteiger partial charge in [-0.25, -0.2) is 0 Å². The summed E-state index contributed by atoms with van der Waals surface area (Å²) in [7, 11) is -11.9. The Morgan fingerprint density at radius 1 is 0.417 bits per heavy atom. The van der Waals surface area contributed by atoms with E-state index in [1.165, 1.54) is 0 Å². The Morgan fingerprint density at radius 3 is 0.729 bits per heavy atom. The van der Waals surface area contributed by atoms with Gasteiger partial charge in [0.2, 0.25) is 23.6 Å². The first kappa shape index (κ1) is 43.6. The van der Waals surface area contributed by atoms with E-state index in [-0.39, 0.29) is 23.6 Å². The van der Waals surface area contributed by atoms with Crippen molar-refractivity contribution in [2.45, 2.75) is 104 Å². The van der Waals surface area contributed by atoms with Crippen molar-refractivity contribution in [2.75, 3.05) is 26.2 Å². The summed E-state index contributed by atoms with van der Waals surface area (Å²) in [6.45, 7) is 31.5. The topological polar surface area (TPSA) is 153 Å². The Bertz CT molecular complexity index is 1040. The smallest absolute Gasteiger partial charge is 0.317 e. The second kappa shape index (κ2) is 19.7. The molecule has 1 saturated heterocycles. The average molecular weight is 741 g/mol. The Balaban J connectivity index is 3.34. The first-order valence-corrected chi connectivity index (χ1v) is 26.8. The minimum atomic E-state index is -2.96. The monoisotopic (exact) mass is 740 g/mol. The molecule has 0 aliphatic carbocycles. The van der Waals surface area contributed by atoms with Crippen LogP contribution in [-0.4, -0.2) is 84.1 Å². The second-order valence-corrected chi connectivity index (χ2v) is 27.8. The Labute approximate surface area is 292 Å². The van der Waals surface area contributed by atoms with Gasteiger partial charge in [-0.15, -0.1) is 0 Å². The van der Waals surface area contributed by atoms with Gasteiger partial charge in [-0.2, -0.15) is 0 Å². The minimum Gasteiger partial charge on any atom is -0.416 e. The predicted octanol–water partition coefficient (Wildman–Crippen LogP) is 4.68. The molecule has 1 aliphatic rings. The molecule has 48 heavy (non-hydrogen) atoms. The third-order valence-electron chi connectivity index (χ3n) is 7.65. The molecule has 4 N–H and O–H groups in total. The highest BCUT2D eigenvalue weighted by Crippen LogP contribution is 2.38. The molecule has 12 nitrogen and oxygen atoms in total. The molecule has 0 radical (unpaired) electrons. The molecule has 0 unspecified atom stereocenters. The van der Waals surface area contributed by atoms with Crippen molar-refractivity contribution in [2.24, 2.45) is 0 Å². The highest BCUT2D eigenvalue weighted by Gasteiger charge is 2.56. The van der Waals surface area contributed by atoms with Crippen molar-refractivity contribution in [1.82, 2.24) is 21.3 Å². The third kappa shape index (κ3) is 16.3. The fraction of sp³-hybridized carbons (Fsp3) is 0.625. The summed E-state index contributed by atoms with van der Waals surface area (Å²) in [5.41, 5.74) is 1.78. The molecular formula is C32H60N4O8Si4. The first-order valence-electron chi connectivity index (χ1n) is 16.7. The van der Waals surface area contributed by atoms with Crippen molar-refractivity contribution >= 4 is 57.9 Å². The molecule has 1 rings (SSSR count). The molecule has 4 amide bonds. The maximum absolute atomic E-state index is 12.1. The summed E-state index contributed by atoms with van der Waals surface area (Å²) in [6, 6.07) is 2.41. The van der Waals surface area contributed by atoms with Crippen molar-refractivity contribution in [3.63, 3.8) is 0 Å². The normalized spacial score (nSPS) is 25.5. The van der Waals surface area contributed by atoms with Crippen LogP contribution in [0.15, 0.2) is 48.6 Å². The van der Waals surface area contributed by atoms with Gasteiger partial charge in [-0.05, 0) is 104 Å². The molecule has 0 aromatic carbocycles. The SMILES string of the molecule is C=C(C)C(=O)NCCC[Si]1(C)O[Si](C)(CCCNC(=O)C(=C)C)O[Si](C)(CCCNC(=O)C(=C)C)O[Si](C)(CCCNC(=O)C(=C)C)O1. The van der Waals surface area contributed by atoms with Crippen LogP contribution in [0.2, 0.25) is 50.4 Å². The van der Waals surface area contributed by atoms with Crippen LogP contribution in [0.5, 0.6) is 0 Å². The summed E-state index contributed by atoms with van der Waals surface area (Å²) in [5, 5.41) is 11.6. The molecule has 0 atom stereocenters. The maximum atomic E-state index is 12.1. The van der Waals surface area contributed by atoms with Gasteiger partial charge < -0.3 is 37.7 Å². The zero-order valence-corrected chi connectivity index (χ0v) is 34.6. The fourth-order valence-corrected chi connectivity index (χ4v) is 28.7. The fourth-order valence-electron chi connectivity index (χ4n) is 5.37. The van der Waals surface area contributed by atoms with Gasteiger partial charge in [0, 0.05) is 48.5 Å². The summed E-state index contributed by atoms with van der Waals surface area (Å²) >= 11 is 0. The molecule has 1 heterocycles. The number of carbonyl (C=O) groups is 4. The number of amides is 4. The van der Waals surface area contributed by atoms with Crippen LogP contribution >= 0.6 is 0 Å². The molecule has 272 valence electrons. The summed E-state index contributed by atoms with van der Waals surface area (Å²) in [4.78, 5) is 48.5. The molecule has 1 fully saturated rings. The summed E-state index contributed by atoms with van der Waals surface area (Å²) < 4.78 is 28.5. The van der Waals surface area contributed by atoms with Crippen LogP contribution in [0, 0.1) is 0 Å². The van der Waals surface area contributed by atoms with E-state index in [2.05, 4.69) is 47.6 Å². The van der Waals surface area contributed by atoms with Crippen LogP contribution in [0.3, 0.4) is 0 Å². The predicted molar refractivity (Wildman–Crippen MR) is 200 cm³/mol. The second-order valence-electron chi connectivity index (χ2n) is 13.5. The van der Waals surface area contributed by atoms with Crippen molar-refractivity contribution < 1.29 is 35.6 Å². The molecule has 0 aromatic rings. The Hall–Kier alpha value is -2.45. The molecule has 0 saturated carbocycles. The maximum Gasteiger partial charge on any atom is 0.317 e. The highest BCUT2D eigenvalue weighted by molar-refractivity contribution is 6.93. The molecular weight excluding hydrogens is 681 g/mol. The van der Waals surface area contributed by atoms with Crippen LogP contribution in [-0.2, 0) is 35.6 Å². The van der Waals surface area contributed by atoms with Gasteiger partial charge in [-0.1, -0.05) is 26.3 Å². The van der Waals surface area contributed by atoms with Gasteiger partial charge >= 0.3 is 34.2 Å². The quantitative estimate of drug-likeness (QED) is 0.0798. The lowest BCUT2D eigenvalue weighted by molar-refractivity contribution is -0.118. The summed E-state index contributed by atoms with van der Waals surface area (Å²) in [6.07, 6.45) is 2.54. The molecule has 0 spiro atoms. The van der Waals surface area contributed by atoms with Crippen molar-refractivity contribution in [3.8, 4) is 0 Å². The minimum absolute atomic E-state index is 0.193. The van der Waals surface area contributed by atoms with Gasteiger partial charge in [0.05, 0.1) is 0 Å². The lowest BCUT2D eigenvalue weighted by atomic mass is 10.3. The van der Waals surface area contributed by atoms with Crippen molar-refractivity contribution in [3.05, 3.63) is 48.6 Å². The van der Waals surface area contributed by atoms with E-state index in [1.54, 1.807) is 27.7 Å². The van der Waals surface area contributed by atoms with Crippen LogP contribution in [0.4, 0.5) is 0 Å². The zero-order chi connectivity index (χ0) is 36.8. The molecule has 16 heteroatoms. The van der Waals surface area contributed by atoms with E-state index in [9.17, 15) is 19.2 Å². The highest BCUT2D eigenvalue weighted by atomic mass is 28.5. The van der Waals surface area contributed by atoms with E-state index >= 15 is 0 Å². The Morgan fingerprint density at radius 2 is 0.583 bits per heavy atom. The number of nitrogens with one attached hydrogen (secondary N) is 4. The van der Waals surface area contributed by atoms with Gasteiger partial charge in [0.25, 0.3) is 0 Å².